The number of carbonyl (C=O) groups is 2. The zero-order chi connectivity index (χ0) is 20.1. The molecule has 0 fully saturated rings. The van der Waals surface area contributed by atoms with Crippen molar-refractivity contribution >= 4 is 12.1 Å². The number of rotatable bonds is 6. The minimum atomic E-state index is -0.977. The molecule has 8 heteroatoms. The minimum absolute atomic E-state index is 0.112. The van der Waals surface area contributed by atoms with Gasteiger partial charge in [0.05, 0.1) is 0 Å². The molecule has 0 aliphatic rings. The predicted molar refractivity (Wildman–Crippen MR) is 93.8 cm³/mol. The van der Waals surface area contributed by atoms with Crippen molar-refractivity contribution in [3.63, 3.8) is 0 Å². The van der Waals surface area contributed by atoms with E-state index < -0.39 is 36.0 Å². The van der Waals surface area contributed by atoms with Crippen LogP contribution in [0.4, 0.5) is 4.79 Å². The van der Waals surface area contributed by atoms with Gasteiger partial charge in [-0.25, -0.2) is 4.79 Å². The van der Waals surface area contributed by atoms with Crippen LogP contribution in [0.3, 0.4) is 0 Å². The number of aromatic hydroxyl groups is 2. The smallest absolute Gasteiger partial charge is 0.504 e. The summed E-state index contributed by atoms with van der Waals surface area (Å²) in [5.41, 5.74) is 5.70. The second kappa shape index (κ2) is 8.75. The molecule has 0 aromatic heterocycles. The lowest BCUT2D eigenvalue weighted by Crippen LogP contribution is -2.40. The Balaban J connectivity index is 2.54. The van der Waals surface area contributed by atoms with E-state index in [0.29, 0.717) is 5.56 Å². The Morgan fingerprint density at radius 1 is 1.08 bits per heavy atom. The molecule has 1 aromatic rings. The van der Waals surface area contributed by atoms with Crippen molar-refractivity contribution in [3.05, 3.63) is 23.8 Å². The van der Waals surface area contributed by atoms with Gasteiger partial charge in [-0.05, 0) is 58.7 Å². The zero-order valence-electron chi connectivity index (χ0n) is 15.7. The van der Waals surface area contributed by atoms with Crippen LogP contribution in [-0.4, -0.2) is 46.2 Å². The van der Waals surface area contributed by atoms with E-state index in [1.54, 1.807) is 40.7 Å². The van der Waals surface area contributed by atoms with E-state index in [0.717, 1.165) is 0 Å². The van der Waals surface area contributed by atoms with E-state index in [2.05, 4.69) is 0 Å². The van der Waals surface area contributed by atoms with Crippen molar-refractivity contribution in [2.45, 2.75) is 64.9 Å². The molecule has 8 nitrogen and oxygen atoms in total. The van der Waals surface area contributed by atoms with E-state index in [9.17, 15) is 19.8 Å². The van der Waals surface area contributed by atoms with Crippen LogP contribution in [0, 0.1) is 0 Å². The van der Waals surface area contributed by atoms with Gasteiger partial charge in [0.1, 0.15) is 23.9 Å². The quantitative estimate of drug-likeness (QED) is 0.514. The van der Waals surface area contributed by atoms with Gasteiger partial charge in [0.2, 0.25) is 0 Å². The SMILES string of the molecule is CC(OC(=O)[C@@H](N)Cc1ccc(O)c(O)c1)[C@@H](C)OC(=O)OC(C)(C)C. The third kappa shape index (κ3) is 7.18. The number of hydrogen-bond acceptors (Lipinski definition) is 8. The first-order valence-electron chi connectivity index (χ1n) is 8.25. The topological polar surface area (TPSA) is 128 Å². The molecule has 146 valence electrons. The van der Waals surface area contributed by atoms with Gasteiger partial charge < -0.3 is 30.2 Å². The molecule has 0 aliphatic carbocycles. The Hall–Kier alpha value is -2.48. The monoisotopic (exact) mass is 369 g/mol. The molecule has 3 atom stereocenters. The summed E-state index contributed by atoms with van der Waals surface area (Å²) >= 11 is 0. The van der Waals surface area contributed by atoms with Crippen molar-refractivity contribution in [3.8, 4) is 11.5 Å². The lowest BCUT2D eigenvalue weighted by atomic mass is 10.1. The van der Waals surface area contributed by atoms with E-state index in [-0.39, 0.29) is 17.9 Å². The highest BCUT2D eigenvalue weighted by molar-refractivity contribution is 5.76. The van der Waals surface area contributed by atoms with Gasteiger partial charge in [-0.1, -0.05) is 6.07 Å². The van der Waals surface area contributed by atoms with Crippen molar-refractivity contribution in [2.75, 3.05) is 0 Å². The largest absolute Gasteiger partial charge is 0.509 e. The number of hydrogen-bond donors (Lipinski definition) is 3. The summed E-state index contributed by atoms with van der Waals surface area (Å²) in [6.45, 7) is 8.28. The zero-order valence-corrected chi connectivity index (χ0v) is 15.7. The molecule has 1 unspecified atom stereocenters. The molecular formula is C18H27NO7. The number of phenolic OH excluding ortho intramolecular Hbond substituents is 2. The van der Waals surface area contributed by atoms with Crippen LogP contribution < -0.4 is 5.73 Å². The normalized spacial score (nSPS) is 14.8. The predicted octanol–water partition coefficient (Wildman–Crippen LogP) is 2.24. The van der Waals surface area contributed by atoms with Gasteiger partial charge in [-0.2, -0.15) is 0 Å². The first-order valence-corrected chi connectivity index (χ1v) is 8.25. The molecule has 0 spiro atoms. The highest BCUT2D eigenvalue weighted by Gasteiger charge is 2.26. The summed E-state index contributed by atoms with van der Waals surface area (Å²) < 4.78 is 15.3. The maximum absolute atomic E-state index is 12.1. The molecule has 26 heavy (non-hydrogen) atoms. The Morgan fingerprint density at radius 3 is 2.19 bits per heavy atom. The average molecular weight is 369 g/mol. The van der Waals surface area contributed by atoms with Crippen LogP contribution in [-0.2, 0) is 25.4 Å². The van der Waals surface area contributed by atoms with Crippen LogP contribution in [0.1, 0.15) is 40.2 Å². The van der Waals surface area contributed by atoms with E-state index in [4.69, 9.17) is 19.9 Å². The first-order chi connectivity index (χ1) is 11.9. The van der Waals surface area contributed by atoms with Crippen LogP contribution in [0.5, 0.6) is 11.5 Å². The fraction of sp³-hybridized carbons (Fsp3) is 0.556. The highest BCUT2D eigenvalue weighted by atomic mass is 16.7. The second-order valence-electron chi connectivity index (χ2n) is 7.06. The Morgan fingerprint density at radius 2 is 1.65 bits per heavy atom. The summed E-state index contributed by atoms with van der Waals surface area (Å²) in [6, 6.07) is 3.19. The van der Waals surface area contributed by atoms with Crippen LogP contribution in [0.2, 0.25) is 0 Å². The molecule has 0 radical (unpaired) electrons. The molecule has 1 rings (SSSR count). The van der Waals surface area contributed by atoms with Gasteiger partial charge in [-0.15, -0.1) is 0 Å². The number of nitrogens with two attached hydrogens (primary N) is 1. The van der Waals surface area contributed by atoms with Gasteiger partial charge in [0, 0.05) is 0 Å². The van der Waals surface area contributed by atoms with Gasteiger partial charge in [0.15, 0.2) is 11.5 Å². The summed E-state index contributed by atoms with van der Waals surface area (Å²) in [4.78, 5) is 23.7. The average Bonchev–Trinajstić information content (AvgIpc) is 2.48. The lowest BCUT2D eigenvalue weighted by molar-refractivity contribution is -0.156. The molecule has 0 amide bonds. The Kier molecular flexibility index (Phi) is 7.26. The summed E-state index contributed by atoms with van der Waals surface area (Å²) in [5.74, 6) is -1.23. The highest BCUT2D eigenvalue weighted by Crippen LogP contribution is 2.25. The maximum Gasteiger partial charge on any atom is 0.509 e. The third-order valence-electron chi connectivity index (χ3n) is 3.43. The molecule has 0 heterocycles. The number of benzene rings is 1. The maximum atomic E-state index is 12.1. The van der Waals surface area contributed by atoms with Crippen molar-refractivity contribution in [1.82, 2.24) is 0 Å². The first kappa shape index (κ1) is 21.6. The summed E-state index contributed by atoms with van der Waals surface area (Å²) in [6.07, 6.45) is -2.19. The number of phenols is 2. The van der Waals surface area contributed by atoms with Crippen molar-refractivity contribution in [1.29, 1.82) is 0 Å². The van der Waals surface area contributed by atoms with Gasteiger partial charge in [-0.3, -0.25) is 4.79 Å². The van der Waals surface area contributed by atoms with Crippen LogP contribution in [0.15, 0.2) is 18.2 Å². The number of carbonyl (C=O) groups excluding carboxylic acids is 2. The van der Waals surface area contributed by atoms with Crippen molar-refractivity contribution in [2.24, 2.45) is 5.73 Å². The molecule has 0 bridgehead atoms. The summed E-state index contributed by atoms with van der Waals surface area (Å²) in [5, 5.41) is 18.8. The number of esters is 1. The van der Waals surface area contributed by atoms with Gasteiger partial charge >= 0.3 is 12.1 Å². The standard InChI is InChI=1S/C18H27NO7/c1-10(11(2)25-17(23)26-18(3,4)5)24-16(22)13(19)8-12-6-7-14(20)15(21)9-12/h6-7,9-11,13,20-21H,8,19H2,1-5H3/t10?,11-,13+/m1/s1. The van der Waals surface area contributed by atoms with Gasteiger partial charge in [0.25, 0.3) is 0 Å². The molecule has 1 aromatic carbocycles. The van der Waals surface area contributed by atoms with Crippen LogP contribution in [0.25, 0.3) is 0 Å². The minimum Gasteiger partial charge on any atom is -0.504 e. The molecule has 4 N–H and O–H groups in total. The molecular weight excluding hydrogens is 342 g/mol. The third-order valence-corrected chi connectivity index (χ3v) is 3.43. The van der Waals surface area contributed by atoms with Crippen LogP contribution >= 0.6 is 0 Å². The van der Waals surface area contributed by atoms with E-state index >= 15 is 0 Å². The lowest BCUT2D eigenvalue weighted by Gasteiger charge is -2.24. The van der Waals surface area contributed by atoms with E-state index in [1.807, 2.05) is 0 Å². The number of ether oxygens (including phenoxy) is 3. The second-order valence-corrected chi connectivity index (χ2v) is 7.06. The fourth-order valence-corrected chi connectivity index (χ4v) is 1.92. The van der Waals surface area contributed by atoms with Crippen molar-refractivity contribution < 1.29 is 34.0 Å². The summed E-state index contributed by atoms with van der Waals surface area (Å²) in [7, 11) is 0. The van der Waals surface area contributed by atoms with E-state index in [1.165, 1.54) is 12.1 Å². The molecule has 0 saturated heterocycles. The molecule has 0 saturated carbocycles. The Bertz CT molecular complexity index is 639. The molecule has 0 aliphatic heterocycles. The Labute approximate surface area is 152 Å². The fourth-order valence-electron chi connectivity index (χ4n) is 1.92.